The molecular formula is C34H33FN4O3. The molecule has 0 radical (unpaired) electrons. The van der Waals surface area contributed by atoms with Gasteiger partial charge in [0.05, 0.1) is 17.2 Å². The van der Waals surface area contributed by atoms with E-state index >= 15 is 4.39 Å². The van der Waals surface area contributed by atoms with Gasteiger partial charge >= 0.3 is 0 Å². The van der Waals surface area contributed by atoms with Crippen molar-refractivity contribution in [3.05, 3.63) is 114 Å². The average Bonchev–Trinajstić information content (AvgIpc) is 3.71. The Morgan fingerprint density at radius 3 is 2.38 bits per heavy atom. The number of rotatable bonds is 10. The summed E-state index contributed by atoms with van der Waals surface area (Å²) in [5.74, 6) is 0.440. The van der Waals surface area contributed by atoms with Crippen molar-refractivity contribution in [3.8, 4) is 17.0 Å². The Bertz CT molecular complexity index is 1630. The van der Waals surface area contributed by atoms with E-state index in [9.17, 15) is 4.79 Å². The Morgan fingerprint density at radius 1 is 1.05 bits per heavy atom. The van der Waals surface area contributed by atoms with Gasteiger partial charge in [0.2, 0.25) is 0 Å². The van der Waals surface area contributed by atoms with Gasteiger partial charge in [-0.15, -0.1) is 0 Å². The molecule has 1 fully saturated rings. The summed E-state index contributed by atoms with van der Waals surface area (Å²) in [5.41, 5.74) is 4.24. The fraction of sp³-hybridized carbons (Fsp3) is 0.235. The second kappa shape index (κ2) is 12.4. The summed E-state index contributed by atoms with van der Waals surface area (Å²) >= 11 is 0. The Labute approximate surface area is 244 Å². The van der Waals surface area contributed by atoms with Crippen LogP contribution in [-0.4, -0.2) is 42.2 Å². The predicted octanol–water partition coefficient (Wildman–Crippen LogP) is 6.49. The molecule has 0 unspecified atom stereocenters. The fourth-order valence-corrected chi connectivity index (χ4v) is 5.39. The lowest BCUT2D eigenvalue weighted by molar-refractivity contribution is 0.0678. The monoisotopic (exact) mass is 564 g/mol. The first kappa shape index (κ1) is 27.5. The number of anilines is 1. The zero-order valence-electron chi connectivity index (χ0n) is 23.5. The van der Waals surface area contributed by atoms with Crippen molar-refractivity contribution in [1.82, 2.24) is 15.3 Å². The molecule has 1 saturated heterocycles. The molecule has 0 bridgehead atoms. The fourth-order valence-electron chi connectivity index (χ4n) is 5.39. The number of carbonyl (C=O) groups excluding carboxylic acids is 1. The molecule has 42 heavy (non-hydrogen) atoms. The highest BCUT2D eigenvalue weighted by molar-refractivity contribution is 6.09. The molecule has 1 atom stereocenters. The highest BCUT2D eigenvalue weighted by Crippen LogP contribution is 2.35. The summed E-state index contributed by atoms with van der Waals surface area (Å²) in [7, 11) is 1.59. The average molecular weight is 565 g/mol. The van der Waals surface area contributed by atoms with Crippen LogP contribution in [0.25, 0.3) is 22.2 Å². The van der Waals surface area contributed by atoms with Crippen molar-refractivity contribution in [1.29, 1.82) is 0 Å². The first-order valence-corrected chi connectivity index (χ1v) is 14.2. The maximum atomic E-state index is 15.5. The summed E-state index contributed by atoms with van der Waals surface area (Å²) < 4.78 is 26.9. The number of halogens is 1. The summed E-state index contributed by atoms with van der Waals surface area (Å²) in [6, 6.07) is 27.0. The van der Waals surface area contributed by atoms with E-state index in [1.54, 1.807) is 25.4 Å². The number of hydrogen-bond acceptors (Lipinski definition) is 5. The van der Waals surface area contributed by atoms with E-state index in [-0.39, 0.29) is 12.0 Å². The van der Waals surface area contributed by atoms with E-state index in [0.29, 0.717) is 59.0 Å². The number of nitrogens with one attached hydrogen (secondary N) is 2. The van der Waals surface area contributed by atoms with Gasteiger partial charge in [-0.2, -0.15) is 0 Å². The highest BCUT2D eigenvalue weighted by Gasteiger charge is 2.22. The number of aromatic amines is 1. The molecule has 0 saturated carbocycles. The zero-order chi connectivity index (χ0) is 28.9. The second-order valence-corrected chi connectivity index (χ2v) is 10.5. The van der Waals surface area contributed by atoms with Gasteiger partial charge in [-0.25, -0.2) is 9.37 Å². The van der Waals surface area contributed by atoms with Crippen molar-refractivity contribution in [2.24, 2.45) is 0 Å². The first-order chi connectivity index (χ1) is 20.6. The molecule has 7 nitrogen and oxygen atoms in total. The smallest absolute Gasteiger partial charge is 0.253 e. The molecule has 0 aliphatic carbocycles. The standard InChI is InChI=1S/C34H33FN4O3/c1-36-34(40)29-19-37-33(39(20-23-9-4-2-5-10-23)21-24-11-6-3-7-12-24)32-28(29)18-31(38-32)27-15-14-25(17-30(27)35)42-22-26-13-8-16-41-26/h2-7,9-12,14-15,17-19,26,38H,8,13,16,20-22H2,1H3,(H,36,40)/t26-/m0/s1. The topological polar surface area (TPSA) is 79.5 Å². The number of amides is 1. The van der Waals surface area contributed by atoms with E-state index in [1.807, 2.05) is 42.5 Å². The van der Waals surface area contributed by atoms with Gasteiger partial charge in [0.25, 0.3) is 5.91 Å². The Kier molecular flexibility index (Phi) is 8.14. The van der Waals surface area contributed by atoms with Crippen LogP contribution in [0.2, 0.25) is 0 Å². The van der Waals surface area contributed by atoms with Gasteiger partial charge < -0.3 is 24.7 Å². The maximum Gasteiger partial charge on any atom is 0.253 e. The first-order valence-electron chi connectivity index (χ1n) is 14.2. The van der Waals surface area contributed by atoms with Gasteiger partial charge in [0, 0.05) is 55.7 Å². The Balaban J connectivity index is 1.39. The number of aromatic nitrogens is 2. The van der Waals surface area contributed by atoms with E-state index in [2.05, 4.69) is 39.5 Å². The number of carbonyl (C=O) groups is 1. The van der Waals surface area contributed by atoms with Crippen molar-refractivity contribution in [2.45, 2.75) is 32.0 Å². The normalized spacial score (nSPS) is 14.7. The van der Waals surface area contributed by atoms with Crippen LogP contribution in [0.4, 0.5) is 10.2 Å². The van der Waals surface area contributed by atoms with Crippen molar-refractivity contribution in [2.75, 3.05) is 25.2 Å². The summed E-state index contributed by atoms with van der Waals surface area (Å²) in [6.07, 6.45) is 3.61. The van der Waals surface area contributed by atoms with E-state index in [0.717, 1.165) is 30.6 Å². The molecular weight excluding hydrogens is 531 g/mol. The Morgan fingerprint density at radius 2 is 1.76 bits per heavy atom. The van der Waals surface area contributed by atoms with Crippen LogP contribution in [0.1, 0.15) is 34.3 Å². The van der Waals surface area contributed by atoms with Crippen LogP contribution < -0.4 is 15.0 Å². The third kappa shape index (κ3) is 5.99. The minimum Gasteiger partial charge on any atom is -0.491 e. The van der Waals surface area contributed by atoms with Crippen molar-refractivity contribution in [3.63, 3.8) is 0 Å². The van der Waals surface area contributed by atoms with Crippen LogP contribution >= 0.6 is 0 Å². The molecule has 1 aliphatic rings. The highest BCUT2D eigenvalue weighted by atomic mass is 19.1. The number of nitrogens with zero attached hydrogens (tertiary/aromatic N) is 2. The lowest BCUT2D eigenvalue weighted by Gasteiger charge is -2.25. The van der Waals surface area contributed by atoms with Crippen LogP contribution in [-0.2, 0) is 17.8 Å². The van der Waals surface area contributed by atoms with Gasteiger partial charge in [-0.05, 0) is 42.2 Å². The van der Waals surface area contributed by atoms with Crippen LogP contribution in [0, 0.1) is 5.82 Å². The van der Waals surface area contributed by atoms with Crippen LogP contribution in [0.5, 0.6) is 5.75 Å². The number of fused-ring (bicyclic) bond motifs is 1. The maximum absolute atomic E-state index is 15.5. The summed E-state index contributed by atoms with van der Waals surface area (Å²) in [5, 5.41) is 3.36. The van der Waals surface area contributed by atoms with E-state index in [1.165, 1.54) is 6.07 Å². The van der Waals surface area contributed by atoms with Gasteiger partial charge in [0.15, 0.2) is 5.82 Å². The number of H-pyrrole nitrogens is 1. The second-order valence-electron chi connectivity index (χ2n) is 10.5. The van der Waals surface area contributed by atoms with Crippen molar-refractivity contribution < 1.29 is 18.7 Å². The number of ether oxygens (including phenoxy) is 2. The molecule has 5 aromatic rings. The minimum absolute atomic E-state index is 0.0465. The third-order valence-electron chi connectivity index (χ3n) is 7.54. The van der Waals surface area contributed by atoms with Crippen LogP contribution in [0.15, 0.2) is 91.1 Å². The lowest BCUT2D eigenvalue weighted by atomic mass is 10.1. The van der Waals surface area contributed by atoms with Gasteiger partial charge in [-0.3, -0.25) is 4.79 Å². The summed E-state index contributed by atoms with van der Waals surface area (Å²) in [4.78, 5) is 23.2. The SMILES string of the molecule is CNC(=O)c1cnc(N(Cc2ccccc2)Cc2ccccc2)c2[nH]c(-c3ccc(OC[C@@H]4CCCO4)cc3F)cc12. The zero-order valence-corrected chi connectivity index (χ0v) is 23.5. The number of pyridine rings is 1. The van der Waals surface area contributed by atoms with E-state index in [4.69, 9.17) is 14.5 Å². The number of benzene rings is 3. The molecule has 2 aromatic heterocycles. The molecule has 214 valence electrons. The molecule has 8 heteroatoms. The molecule has 6 rings (SSSR count). The largest absolute Gasteiger partial charge is 0.491 e. The molecule has 1 amide bonds. The quantitative estimate of drug-likeness (QED) is 0.203. The molecule has 0 spiro atoms. The van der Waals surface area contributed by atoms with Gasteiger partial charge in [0.1, 0.15) is 18.2 Å². The lowest BCUT2D eigenvalue weighted by Crippen LogP contribution is -2.24. The summed E-state index contributed by atoms with van der Waals surface area (Å²) in [6.45, 7) is 2.33. The molecule has 1 aliphatic heterocycles. The van der Waals surface area contributed by atoms with Crippen molar-refractivity contribution >= 4 is 22.6 Å². The predicted molar refractivity (Wildman–Crippen MR) is 162 cm³/mol. The van der Waals surface area contributed by atoms with E-state index < -0.39 is 5.82 Å². The molecule has 3 aromatic carbocycles. The minimum atomic E-state index is -0.423. The van der Waals surface area contributed by atoms with Gasteiger partial charge in [-0.1, -0.05) is 60.7 Å². The number of hydrogen-bond donors (Lipinski definition) is 2. The Hall–Kier alpha value is -4.69. The molecule has 3 heterocycles. The van der Waals surface area contributed by atoms with Crippen LogP contribution in [0.3, 0.4) is 0 Å². The molecule has 2 N–H and O–H groups in total. The third-order valence-corrected chi connectivity index (χ3v) is 7.54.